The summed E-state index contributed by atoms with van der Waals surface area (Å²) in [5, 5.41) is 0. The molecule has 0 aromatic heterocycles. The Morgan fingerprint density at radius 3 is 0.789 bits per heavy atom. The van der Waals surface area contributed by atoms with Crippen molar-refractivity contribution >= 4 is 151 Å². The second kappa shape index (κ2) is 6.95. The molecule has 0 heterocycles. The van der Waals surface area contributed by atoms with E-state index in [1.54, 1.807) is 0 Å². The van der Waals surface area contributed by atoms with Gasteiger partial charge in [-0.05, 0) is 0 Å². The average molecular weight is 533 g/mol. The first-order valence-corrected chi connectivity index (χ1v) is 8.62. The third kappa shape index (κ3) is 4.06. The summed E-state index contributed by atoms with van der Waals surface area (Å²) in [4.78, 5) is -5.96. The molecule has 0 bridgehead atoms. The summed E-state index contributed by atoms with van der Waals surface area (Å²) >= 11 is 74.9. The van der Waals surface area contributed by atoms with Gasteiger partial charge in [-0.1, -0.05) is 128 Å². The van der Waals surface area contributed by atoms with E-state index in [9.17, 15) is 0 Å². The summed E-state index contributed by atoms with van der Waals surface area (Å²) < 4.78 is -7.54. The van der Waals surface area contributed by atoms with Gasteiger partial charge in [-0.15, -0.1) is 23.2 Å². The number of rotatable bonds is 2. The molecule has 19 heavy (non-hydrogen) atoms. The molecule has 0 N–H and O–H groups in total. The van der Waals surface area contributed by atoms with Crippen LogP contribution in [0.1, 0.15) is 0 Å². The lowest BCUT2D eigenvalue weighted by molar-refractivity contribution is 0.461. The van der Waals surface area contributed by atoms with Crippen molar-refractivity contribution in [1.82, 2.24) is 0 Å². The smallest absolute Gasteiger partial charge is 0.109 e. The van der Waals surface area contributed by atoms with Crippen LogP contribution in [0.15, 0.2) is 0 Å². The fourth-order valence-corrected chi connectivity index (χ4v) is 5.74. The van der Waals surface area contributed by atoms with E-state index in [2.05, 4.69) is 0 Å². The first-order chi connectivity index (χ1) is 7.94. The van der Waals surface area contributed by atoms with E-state index < -0.39 is 26.0 Å². The first kappa shape index (κ1) is 22.8. The first-order valence-electron chi connectivity index (χ1n) is 3.71. The van der Waals surface area contributed by atoms with Gasteiger partial charge in [0.1, 0.15) is 0 Å². The summed E-state index contributed by atoms with van der Waals surface area (Å²) in [5.74, 6) is 0. The molecule has 0 aromatic carbocycles. The minimum atomic E-state index is -2.63. The minimum Gasteiger partial charge on any atom is -0.109 e. The van der Waals surface area contributed by atoms with Crippen LogP contribution in [0.4, 0.5) is 0 Å². The zero-order valence-corrected chi connectivity index (χ0v) is 17.7. The molecular weight excluding hydrogens is 533 g/mol. The van der Waals surface area contributed by atoms with Crippen molar-refractivity contribution in [3.63, 3.8) is 0 Å². The predicted octanol–water partition coefficient (Wildman–Crippen LogP) is 8.02. The molecule has 1 radical (unpaired) electrons. The Kier molecular flexibility index (Phi) is 8.32. The van der Waals surface area contributed by atoms with Crippen LogP contribution in [-0.2, 0) is 0 Å². The van der Waals surface area contributed by atoms with Crippen molar-refractivity contribution < 1.29 is 0 Å². The second-order valence-electron chi connectivity index (χ2n) is 3.07. The molecule has 13 heteroatoms. The fraction of sp³-hybridized carbons (Fsp3) is 0.833. The van der Waals surface area contributed by atoms with Gasteiger partial charge in [0.25, 0.3) is 0 Å². The van der Waals surface area contributed by atoms with Crippen molar-refractivity contribution in [2.75, 3.05) is 0 Å². The molecule has 0 aliphatic rings. The lowest BCUT2D eigenvalue weighted by Gasteiger charge is -2.52. The third-order valence-corrected chi connectivity index (χ3v) is 7.79. The van der Waals surface area contributed by atoms with Crippen LogP contribution in [-0.4, -0.2) is 21.1 Å². The Labute approximate surface area is 175 Å². The molecule has 0 rings (SSSR count). The third-order valence-electron chi connectivity index (χ3n) is 1.91. The summed E-state index contributed by atoms with van der Waals surface area (Å²) in [7, 11) is 0. The van der Waals surface area contributed by atoms with E-state index in [0.29, 0.717) is 0 Å². The van der Waals surface area contributed by atoms with Crippen LogP contribution in [0.5, 0.6) is 0 Å². The molecule has 115 valence electrons. The second-order valence-corrected chi connectivity index (χ2v) is 12.0. The SMILES string of the molecule is Cl[C](Cl)C(Cl)(C(Cl)(Cl)Cl)C(Cl)(C(Cl)(Cl)Cl)C(Cl)(Cl)Cl. The van der Waals surface area contributed by atoms with E-state index in [0.717, 1.165) is 0 Å². The molecule has 0 aromatic rings. The van der Waals surface area contributed by atoms with Gasteiger partial charge in [-0.2, -0.15) is 0 Å². The van der Waals surface area contributed by atoms with E-state index in [1.165, 1.54) is 0 Å². The molecule has 0 amide bonds. The largest absolute Gasteiger partial charge is 0.215 e. The molecule has 0 aliphatic carbocycles. The van der Waals surface area contributed by atoms with Gasteiger partial charge in [-0.25, -0.2) is 0 Å². The maximum atomic E-state index is 6.11. The Hall–Kier alpha value is 3.77. The molecule has 1 unspecified atom stereocenters. The molecule has 0 spiro atoms. The van der Waals surface area contributed by atoms with Crippen LogP contribution < -0.4 is 0 Å². The molecule has 0 fully saturated rings. The Morgan fingerprint density at radius 1 is 0.474 bits per heavy atom. The monoisotopic (exact) mass is 527 g/mol. The Bertz CT molecular complexity index is 303. The number of hydrogen-bond donors (Lipinski definition) is 0. The predicted molar refractivity (Wildman–Crippen MR) is 93.0 cm³/mol. The lowest BCUT2D eigenvalue weighted by atomic mass is 9.95. The Balaban J connectivity index is 6.45. The van der Waals surface area contributed by atoms with Crippen LogP contribution in [0, 0.1) is 4.84 Å². The maximum absolute atomic E-state index is 6.11. The highest BCUT2D eigenvalue weighted by atomic mass is 35.6. The molecule has 0 nitrogen and oxygen atoms in total. The van der Waals surface area contributed by atoms with Crippen LogP contribution in [0.3, 0.4) is 0 Å². The number of hydrogen-bond acceptors (Lipinski definition) is 0. The normalized spacial score (nSPS) is 18.6. The highest BCUT2D eigenvalue weighted by Gasteiger charge is 2.78. The number of halogens is 13. The zero-order valence-electron chi connectivity index (χ0n) is 7.91. The topological polar surface area (TPSA) is 0 Å². The highest BCUT2D eigenvalue weighted by molar-refractivity contribution is 6.82. The van der Waals surface area contributed by atoms with Gasteiger partial charge in [0.15, 0.2) is 14.6 Å². The molecular formula is C6Cl13. The molecule has 1 atom stereocenters. The summed E-state index contributed by atoms with van der Waals surface area (Å²) in [6.45, 7) is 0. The van der Waals surface area contributed by atoms with Gasteiger partial charge >= 0.3 is 0 Å². The van der Waals surface area contributed by atoms with Gasteiger partial charge in [-0.3, -0.25) is 0 Å². The van der Waals surface area contributed by atoms with Crippen molar-refractivity contribution in [1.29, 1.82) is 0 Å². The summed E-state index contributed by atoms with van der Waals surface area (Å²) in [6.07, 6.45) is 0. The lowest BCUT2D eigenvalue weighted by Crippen LogP contribution is -2.68. The summed E-state index contributed by atoms with van der Waals surface area (Å²) in [5.41, 5.74) is 0. The van der Waals surface area contributed by atoms with Crippen LogP contribution >= 0.6 is 151 Å². The molecule has 0 saturated carbocycles. The van der Waals surface area contributed by atoms with Crippen LogP contribution in [0.25, 0.3) is 0 Å². The van der Waals surface area contributed by atoms with Crippen molar-refractivity contribution in [2.24, 2.45) is 0 Å². The van der Waals surface area contributed by atoms with Crippen LogP contribution in [0.2, 0.25) is 0 Å². The molecule has 0 aliphatic heterocycles. The van der Waals surface area contributed by atoms with Gasteiger partial charge < -0.3 is 0 Å². The van der Waals surface area contributed by atoms with Crippen molar-refractivity contribution in [3.05, 3.63) is 4.84 Å². The van der Waals surface area contributed by atoms with E-state index in [-0.39, 0.29) is 0 Å². The molecule has 0 saturated heterocycles. The average Bonchev–Trinajstić information content (AvgIpc) is 2.09. The quantitative estimate of drug-likeness (QED) is 0.316. The van der Waals surface area contributed by atoms with E-state index >= 15 is 0 Å². The minimum absolute atomic E-state index is 0.776. The van der Waals surface area contributed by atoms with Gasteiger partial charge in [0, 0.05) is 0 Å². The van der Waals surface area contributed by atoms with E-state index in [4.69, 9.17) is 151 Å². The fourth-order valence-electron chi connectivity index (χ4n) is 0.984. The summed E-state index contributed by atoms with van der Waals surface area (Å²) in [6, 6.07) is 0. The highest BCUT2D eigenvalue weighted by Crippen LogP contribution is 2.70. The Morgan fingerprint density at radius 2 is 0.737 bits per heavy atom. The standard InChI is InChI=1S/C6Cl13/c7-1(8)2(9,4(11,12)13)3(10,5(14,15)16)6(17,18)19. The van der Waals surface area contributed by atoms with Crippen molar-refractivity contribution in [3.8, 4) is 0 Å². The maximum Gasteiger partial charge on any atom is 0.215 e. The van der Waals surface area contributed by atoms with Gasteiger partial charge in [0.05, 0.1) is 0 Å². The zero-order chi connectivity index (χ0) is 16.1. The van der Waals surface area contributed by atoms with Gasteiger partial charge in [0.2, 0.25) is 11.4 Å². The number of alkyl halides is 11. The van der Waals surface area contributed by atoms with Crippen molar-refractivity contribution in [2.45, 2.75) is 21.1 Å². The van der Waals surface area contributed by atoms with E-state index in [1.807, 2.05) is 0 Å².